The van der Waals surface area contributed by atoms with Crippen LogP contribution in [-0.4, -0.2) is 39.1 Å². The number of benzene rings is 2. The van der Waals surface area contributed by atoms with Crippen molar-refractivity contribution in [1.82, 2.24) is 14.8 Å². The number of halogens is 1. The molecule has 6 rings (SSSR count). The summed E-state index contributed by atoms with van der Waals surface area (Å²) in [6, 6.07) is 9.80. The average molecular weight is 490 g/mol. The molecule has 2 aromatic heterocycles. The minimum absolute atomic E-state index is 0.199. The van der Waals surface area contributed by atoms with Crippen LogP contribution in [0.2, 0.25) is 0 Å². The van der Waals surface area contributed by atoms with Gasteiger partial charge in [-0.3, -0.25) is 9.89 Å². The van der Waals surface area contributed by atoms with Crippen molar-refractivity contribution >= 4 is 27.8 Å². The molecule has 1 saturated carbocycles. The molecule has 36 heavy (non-hydrogen) atoms. The van der Waals surface area contributed by atoms with Gasteiger partial charge in [-0.2, -0.15) is 5.10 Å². The number of rotatable bonds is 5. The van der Waals surface area contributed by atoms with Gasteiger partial charge < -0.3 is 14.4 Å². The summed E-state index contributed by atoms with van der Waals surface area (Å²) in [4.78, 5) is 11.5. The Labute approximate surface area is 209 Å². The van der Waals surface area contributed by atoms with E-state index < -0.39 is 5.97 Å². The lowest BCUT2D eigenvalue weighted by molar-refractivity contribution is -0.143. The zero-order valence-electron chi connectivity index (χ0n) is 20.6. The molecule has 2 N–H and O–H groups in total. The van der Waals surface area contributed by atoms with E-state index in [2.05, 4.69) is 26.9 Å². The third kappa shape index (κ3) is 4.09. The van der Waals surface area contributed by atoms with Crippen molar-refractivity contribution in [3.8, 4) is 5.69 Å². The van der Waals surface area contributed by atoms with Crippen LogP contribution in [0.15, 0.2) is 36.5 Å². The molecule has 188 valence electrons. The number of ether oxygens (including phenoxy) is 1. The molecular formula is C29H32FN3O3. The van der Waals surface area contributed by atoms with Crippen molar-refractivity contribution in [1.29, 1.82) is 0 Å². The van der Waals surface area contributed by atoms with Crippen molar-refractivity contribution in [2.24, 2.45) is 11.8 Å². The Bertz CT molecular complexity index is 1420. The maximum atomic E-state index is 14.3. The Kier molecular flexibility index (Phi) is 6.04. The van der Waals surface area contributed by atoms with Crippen molar-refractivity contribution in [2.75, 3.05) is 13.2 Å². The number of nitrogens with one attached hydrogen (secondary N) is 1. The Morgan fingerprint density at radius 3 is 2.64 bits per heavy atom. The molecule has 0 radical (unpaired) electrons. The van der Waals surface area contributed by atoms with E-state index in [1.165, 1.54) is 16.6 Å². The van der Waals surface area contributed by atoms with Gasteiger partial charge in [0.25, 0.3) is 0 Å². The van der Waals surface area contributed by atoms with Crippen molar-refractivity contribution in [2.45, 2.75) is 57.8 Å². The molecule has 7 heteroatoms. The first kappa shape index (κ1) is 23.2. The second-order valence-electron chi connectivity index (χ2n) is 10.6. The lowest BCUT2D eigenvalue weighted by Crippen LogP contribution is -2.23. The molecule has 0 spiro atoms. The van der Waals surface area contributed by atoms with Gasteiger partial charge in [0.05, 0.1) is 23.1 Å². The third-order valence-electron chi connectivity index (χ3n) is 8.37. The van der Waals surface area contributed by atoms with Crippen LogP contribution in [0.1, 0.15) is 61.3 Å². The maximum absolute atomic E-state index is 14.3. The predicted molar refractivity (Wildman–Crippen MR) is 137 cm³/mol. The van der Waals surface area contributed by atoms with Crippen LogP contribution in [0.4, 0.5) is 4.39 Å². The van der Waals surface area contributed by atoms with Gasteiger partial charge >= 0.3 is 5.97 Å². The largest absolute Gasteiger partial charge is 0.481 e. The number of H-pyrrole nitrogens is 1. The summed E-state index contributed by atoms with van der Waals surface area (Å²) in [6.45, 7) is 3.29. The first-order chi connectivity index (χ1) is 17.5. The van der Waals surface area contributed by atoms with Crippen LogP contribution in [0.3, 0.4) is 0 Å². The van der Waals surface area contributed by atoms with Crippen molar-refractivity contribution in [3.05, 3.63) is 59.2 Å². The molecule has 2 aromatic carbocycles. The Morgan fingerprint density at radius 2 is 1.92 bits per heavy atom. The highest BCUT2D eigenvalue weighted by Gasteiger charge is 2.31. The molecule has 6 nitrogen and oxygen atoms in total. The molecule has 1 saturated heterocycles. The molecule has 2 aliphatic rings. The standard InChI is InChI=1S/C29H32FN3O3/c1-17-12-22(6-7-25(17)30)33-27-14-21-16-31-32-26(21)15-23(27)24(28(33)19-8-10-36-11-9-19)13-18-2-4-20(5-3-18)29(34)35/h6-7,12,14-16,18-20H,2-5,8-11,13H2,1H3,(H,31,32)(H,34,35)/t18-,20-. The minimum Gasteiger partial charge on any atom is -0.481 e. The Balaban J connectivity index is 1.54. The van der Waals surface area contributed by atoms with E-state index in [9.17, 15) is 14.3 Å². The zero-order valence-corrected chi connectivity index (χ0v) is 20.6. The fourth-order valence-electron chi connectivity index (χ4n) is 6.37. The topological polar surface area (TPSA) is 80.1 Å². The molecular weight excluding hydrogens is 457 g/mol. The van der Waals surface area contributed by atoms with Gasteiger partial charge in [-0.15, -0.1) is 0 Å². The quantitative estimate of drug-likeness (QED) is 0.346. The first-order valence-corrected chi connectivity index (χ1v) is 13.1. The van der Waals surface area contributed by atoms with Crippen LogP contribution < -0.4 is 0 Å². The molecule has 0 amide bonds. The molecule has 0 bridgehead atoms. The number of hydrogen-bond donors (Lipinski definition) is 2. The van der Waals surface area contributed by atoms with Gasteiger partial charge in [-0.1, -0.05) is 0 Å². The molecule has 2 fully saturated rings. The molecule has 3 heterocycles. The number of carbonyl (C=O) groups is 1. The van der Waals surface area contributed by atoms with Crippen LogP contribution in [0, 0.1) is 24.6 Å². The number of carboxylic acids is 1. The Morgan fingerprint density at radius 1 is 1.14 bits per heavy atom. The van der Waals surface area contributed by atoms with Crippen LogP contribution >= 0.6 is 0 Å². The van der Waals surface area contributed by atoms with Gasteiger partial charge in [0.15, 0.2) is 0 Å². The van der Waals surface area contributed by atoms with Gasteiger partial charge in [0, 0.05) is 41.3 Å². The van der Waals surface area contributed by atoms with E-state index in [4.69, 9.17) is 4.74 Å². The highest BCUT2D eigenvalue weighted by atomic mass is 19.1. The number of fused-ring (bicyclic) bond motifs is 2. The van der Waals surface area contributed by atoms with Gasteiger partial charge in [-0.25, -0.2) is 4.39 Å². The smallest absolute Gasteiger partial charge is 0.306 e. The molecule has 0 atom stereocenters. The van der Waals surface area contributed by atoms with E-state index in [0.717, 1.165) is 80.3 Å². The number of aromatic nitrogens is 3. The normalized spacial score (nSPS) is 21.4. The second-order valence-corrected chi connectivity index (χ2v) is 10.6. The Hall–Kier alpha value is -3.19. The second kappa shape index (κ2) is 9.36. The summed E-state index contributed by atoms with van der Waals surface area (Å²) in [5.74, 6) is -0.287. The number of nitrogens with zero attached hydrogens (tertiary/aromatic N) is 2. The van der Waals surface area contributed by atoms with E-state index >= 15 is 0 Å². The maximum Gasteiger partial charge on any atom is 0.306 e. The van der Waals surface area contributed by atoms with Crippen molar-refractivity contribution in [3.63, 3.8) is 0 Å². The minimum atomic E-state index is -0.665. The number of aliphatic carboxylic acids is 1. The number of aromatic amines is 1. The van der Waals surface area contributed by atoms with Crippen LogP contribution in [-0.2, 0) is 16.0 Å². The highest BCUT2D eigenvalue weighted by molar-refractivity contribution is 5.98. The predicted octanol–water partition coefficient (Wildman–Crippen LogP) is 6.28. The lowest BCUT2D eigenvalue weighted by Gasteiger charge is -2.29. The van der Waals surface area contributed by atoms with E-state index in [1.54, 1.807) is 6.07 Å². The SMILES string of the molecule is Cc1cc(-n2c(C3CCOCC3)c(C[C@H]3CC[C@H](C(=O)O)CC3)c3cc4[nH]ncc4cc32)ccc1F. The lowest BCUT2D eigenvalue weighted by atomic mass is 9.78. The monoisotopic (exact) mass is 489 g/mol. The van der Waals surface area contributed by atoms with Crippen LogP contribution in [0.5, 0.6) is 0 Å². The summed E-state index contributed by atoms with van der Waals surface area (Å²) in [7, 11) is 0. The molecule has 1 aliphatic carbocycles. The summed E-state index contributed by atoms with van der Waals surface area (Å²) >= 11 is 0. The van der Waals surface area contributed by atoms with E-state index in [-0.39, 0.29) is 11.7 Å². The average Bonchev–Trinajstić information content (AvgIpc) is 3.47. The summed E-state index contributed by atoms with van der Waals surface area (Å²) in [6.07, 6.45) is 8.02. The molecule has 1 aliphatic heterocycles. The van der Waals surface area contributed by atoms with Gasteiger partial charge in [-0.05, 0) is 99.2 Å². The van der Waals surface area contributed by atoms with Gasteiger partial charge in [0.2, 0.25) is 0 Å². The zero-order chi connectivity index (χ0) is 24.8. The van der Waals surface area contributed by atoms with Crippen molar-refractivity contribution < 1.29 is 19.0 Å². The van der Waals surface area contributed by atoms with Crippen LogP contribution in [0.25, 0.3) is 27.5 Å². The third-order valence-corrected chi connectivity index (χ3v) is 8.37. The van der Waals surface area contributed by atoms with E-state index in [1.807, 2.05) is 25.3 Å². The first-order valence-electron chi connectivity index (χ1n) is 13.1. The van der Waals surface area contributed by atoms with E-state index in [0.29, 0.717) is 17.4 Å². The number of carboxylic acid groups (broad SMARTS) is 1. The fraction of sp³-hybridized carbons (Fsp3) is 0.448. The summed E-state index contributed by atoms with van der Waals surface area (Å²) in [5.41, 5.74) is 6.37. The summed E-state index contributed by atoms with van der Waals surface area (Å²) < 4.78 is 22.3. The highest BCUT2D eigenvalue weighted by Crippen LogP contribution is 2.42. The van der Waals surface area contributed by atoms with Gasteiger partial charge in [0.1, 0.15) is 5.82 Å². The molecule has 0 unspecified atom stereocenters. The number of aryl methyl sites for hydroxylation is 1. The fourth-order valence-corrected chi connectivity index (χ4v) is 6.37. The summed E-state index contributed by atoms with van der Waals surface area (Å²) in [5, 5.41) is 19.1. The number of hydrogen-bond acceptors (Lipinski definition) is 3. The molecule has 4 aromatic rings.